The fourth-order valence-electron chi connectivity index (χ4n) is 5.95. The maximum Gasteiger partial charge on any atom is 0.337 e. The molecule has 0 spiro atoms. The number of pyridine rings is 1. The molecule has 1 aliphatic heterocycles. The van der Waals surface area contributed by atoms with Crippen LogP contribution < -0.4 is 4.90 Å². The number of piperidine rings is 1. The molecule has 9 nitrogen and oxygen atoms in total. The van der Waals surface area contributed by atoms with Crippen molar-refractivity contribution in [3.8, 4) is 22.6 Å². The summed E-state index contributed by atoms with van der Waals surface area (Å²) in [6.45, 7) is 5.90. The zero-order valence-electron chi connectivity index (χ0n) is 22.1. The van der Waals surface area contributed by atoms with Crippen molar-refractivity contribution in [2.75, 3.05) is 25.1 Å². The average Bonchev–Trinajstić information content (AvgIpc) is 3.68. The SMILES string of the molecule is COC(=O)c1cccc(-c2noc(N3CC4C(/C=C/c5c(-c6c(C)cncc6C)noc5C5CC5)C4C3)n2)c1. The first-order valence-electron chi connectivity index (χ1n) is 13.4. The second-order valence-corrected chi connectivity index (χ2v) is 10.9. The van der Waals surface area contributed by atoms with Crippen LogP contribution in [0.15, 0.2) is 51.8 Å². The number of esters is 1. The molecule has 0 bridgehead atoms. The van der Waals surface area contributed by atoms with Crippen molar-refractivity contribution in [3.63, 3.8) is 0 Å². The van der Waals surface area contributed by atoms with Gasteiger partial charge < -0.3 is 18.7 Å². The molecule has 2 atom stereocenters. The summed E-state index contributed by atoms with van der Waals surface area (Å²) in [6, 6.07) is 7.57. The van der Waals surface area contributed by atoms with Gasteiger partial charge in [-0.25, -0.2) is 4.79 Å². The number of allylic oxidation sites excluding steroid dienone is 1. The molecule has 3 fully saturated rings. The molecule has 1 saturated heterocycles. The lowest BCUT2D eigenvalue weighted by atomic mass is 9.97. The molecule has 0 radical (unpaired) electrons. The number of carbonyl (C=O) groups is 1. The fraction of sp³-hybridized carbons (Fsp3) is 0.367. The quantitative estimate of drug-likeness (QED) is 0.292. The van der Waals surface area contributed by atoms with Gasteiger partial charge in [-0.15, -0.1) is 0 Å². The molecule has 2 saturated carbocycles. The van der Waals surface area contributed by atoms with Crippen LogP contribution in [0, 0.1) is 31.6 Å². The third-order valence-electron chi connectivity index (χ3n) is 8.24. The topological polar surface area (TPSA) is 107 Å². The molecule has 0 amide bonds. The number of aromatic nitrogens is 4. The summed E-state index contributed by atoms with van der Waals surface area (Å²) in [5.41, 5.74) is 6.54. The fourth-order valence-corrected chi connectivity index (χ4v) is 5.95. The van der Waals surface area contributed by atoms with Crippen molar-refractivity contribution in [2.24, 2.45) is 17.8 Å². The minimum Gasteiger partial charge on any atom is -0.465 e. The van der Waals surface area contributed by atoms with E-state index in [4.69, 9.17) is 13.8 Å². The lowest BCUT2D eigenvalue weighted by molar-refractivity contribution is 0.0600. The first-order valence-corrected chi connectivity index (χ1v) is 13.4. The lowest BCUT2D eigenvalue weighted by Crippen LogP contribution is -2.23. The Bertz CT molecular complexity index is 1570. The number of aryl methyl sites for hydroxylation is 2. The number of benzene rings is 1. The number of carbonyl (C=O) groups excluding carboxylic acids is 1. The van der Waals surface area contributed by atoms with E-state index in [1.807, 2.05) is 18.5 Å². The predicted octanol–water partition coefficient (Wildman–Crippen LogP) is 5.46. The predicted molar refractivity (Wildman–Crippen MR) is 144 cm³/mol. The smallest absolute Gasteiger partial charge is 0.337 e. The van der Waals surface area contributed by atoms with Crippen LogP contribution in [0.3, 0.4) is 0 Å². The van der Waals surface area contributed by atoms with Gasteiger partial charge in [-0.05, 0) is 67.7 Å². The summed E-state index contributed by atoms with van der Waals surface area (Å²) in [5, 5.41) is 8.68. The number of nitrogens with zero attached hydrogens (tertiary/aromatic N) is 5. The molecule has 4 heterocycles. The van der Waals surface area contributed by atoms with Gasteiger partial charge in [-0.1, -0.05) is 34.6 Å². The van der Waals surface area contributed by atoms with Gasteiger partial charge in [0.25, 0.3) is 0 Å². The Morgan fingerprint density at radius 3 is 2.56 bits per heavy atom. The Balaban J connectivity index is 1.06. The van der Waals surface area contributed by atoms with Crippen LogP contribution >= 0.6 is 0 Å². The van der Waals surface area contributed by atoms with Crippen LogP contribution in [0.2, 0.25) is 0 Å². The normalized spacial score (nSPS) is 21.9. The Morgan fingerprint density at radius 2 is 1.85 bits per heavy atom. The summed E-state index contributed by atoms with van der Waals surface area (Å²) in [6.07, 6.45) is 10.7. The first-order chi connectivity index (χ1) is 19.0. The van der Waals surface area contributed by atoms with E-state index in [1.165, 1.54) is 7.11 Å². The second-order valence-electron chi connectivity index (χ2n) is 10.9. The monoisotopic (exact) mass is 523 g/mol. The van der Waals surface area contributed by atoms with Gasteiger partial charge >= 0.3 is 12.0 Å². The van der Waals surface area contributed by atoms with E-state index in [0.29, 0.717) is 46.6 Å². The molecule has 4 aromatic rings. The van der Waals surface area contributed by atoms with Crippen LogP contribution in [-0.2, 0) is 4.74 Å². The Labute approximate surface area is 225 Å². The first kappa shape index (κ1) is 23.8. The van der Waals surface area contributed by atoms with Crippen molar-refractivity contribution in [3.05, 3.63) is 70.7 Å². The molecule has 3 aromatic heterocycles. The van der Waals surface area contributed by atoms with Gasteiger partial charge in [0.1, 0.15) is 11.5 Å². The van der Waals surface area contributed by atoms with Crippen LogP contribution in [-0.4, -0.2) is 46.4 Å². The standard InChI is InChI=1S/C30H29N5O4/c1-16-12-31-13-17(2)25(16)26-22(27(38-33-26)18-7-8-18)10-9-21-23-14-35(15-24(21)23)30-32-28(34-39-30)19-5-4-6-20(11-19)29(36)37-3/h4-6,9-13,18,21,23-24H,7-8,14-15H2,1-3H3/b10-9+. The van der Waals surface area contributed by atoms with Gasteiger partial charge in [-0.2, -0.15) is 4.98 Å². The summed E-state index contributed by atoms with van der Waals surface area (Å²) in [4.78, 5) is 23.0. The van der Waals surface area contributed by atoms with Crippen molar-refractivity contribution in [1.82, 2.24) is 20.3 Å². The van der Waals surface area contributed by atoms with E-state index >= 15 is 0 Å². The molecule has 198 valence electrons. The zero-order valence-corrected chi connectivity index (χ0v) is 22.1. The Hall–Kier alpha value is -4.27. The average molecular weight is 524 g/mol. The maximum atomic E-state index is 11.9. The Morgan fingerprint density at radius 1 is 1.08 bits per heavy atom. The van der Waals surface area contributed by atoms with Crippen LogP contribution in [0.5, 0.6) is 0 Å². The highest BCUT2D eigenvalue weighted by atomic mass is 16.5. The van der Waals surface area contributed by atoms with Crippen molar-refractivity contribution >= 4 is 18.1 Å². The molecule has 1 aromatic carbocycles. The number of hydrogen-bond donors (Lipinski definition) is 0. The third kappa shape index (κ3) is 4.22. The van der Waals surface area contributed by atoms with Crippen molar-refractivity contribution in [2.45, 2.75) is 32.6 Å². The van der Waals surface area contributed by atoms with E-state index in [9.17, 15) is 4.79 Å². The zero-order chi connectivity index (χ0) is 26.7. The number of ether oxygens (including phenoxy) is 1. The highest BCUT2D eigenvalue weighted by Crippen LogP contribution is 2.54. The molecule has 9 heteroatoms. The lowest BCUT2D eigenvalue weighted by Gasteiger charge is -2.15. The van der Waals surface area contributed by atoms with Crippen molar-refractivity contribution in [1.29, 1.82) is 0 Å². The number of fused-ring (bicyclic) bond motifs is 1. The molecular weight excluding hydrogens is 494 g/mol. The van der Waals surface area contributed by atoms with Gasteiger partial charge in [0.05, 0.1) is 12.7 Å². The summed E-state index contributed by atoms with van der Waals surface area (Å²) < 4.78 is 16.3. The molecule has 2 aliphatic carbocycles. The molecule has 3 aliphatic rings. The van der Waals surface area contributed by atoms with Crippen LogP contribution in [0.1, 0.15) is 51.6 Å². The summed E-state index contributed by atoms with van der Waals surface area (Å²) in [5.74, 6) is 3.17. The number of rotatable bonds is 7. The molecule has 0 N–H and O–H groups in total. The molecule has 7 rings (SSSR count). The van der Waals surface area contributed by atoms with E-state index in [1.54, 1.807) is 18.2 Å². The molecular formula is C30H29N5O4. The van der Waals surface area contributed by atoms with E-state index in [-0.39, 0.29) is 0 Å². The van der Waals surface area contributed by atoms with Gasteiger partial charge in [0, 0.05) is 48.1 Å². The largest absolute Gasteiger partial charge is 0.465 e. The highest BCUT2D eigenvalue weighted by Gasteiger charge is 2.55. The van der Waals surface area contributed by atoms with Gasteiger partial charge in [-0.3, -0.25) is 4.98 Å². The summed E-state index contributed by atoms with van der Waals surface area (Å²) in [7, 11) is 1.36. The Kier molecular flexibility index (Phi) is 5.61. The van der Waals surface area contributed by atoms with Crippen LogP contribution in [0.25, 0.3) is 28.7 Å². The summed E-state index contributed by atoms with van der Waals surface area (Å²) >= 11 is 0. The maximum absolute atomic E-state index is 11.9. The van der Waals surface area contributed by atoms with Crippen molar-refractivity contribution < 1.29 is 18.6 Å². The van der Waals surface area contributed by atoms with E-state index in [0.717, 1.165) is 59.6 Å². The third-order valence-corrected chi connectivity index (χ3v) is 8.24. The minimum absolute atomic E-state index is 0.395. The second kappa shape index (κ2) is 9.18. The van der Waals surface area contributed by atoms with Crippen LogP contribution in [0.4, 0.5) is 6.01 Å². The number of methoxy groups -OCH3 is 1. The van der Waals surface area contributed by atoms with Gasteiger partial charge in [0.2, 0.25) is 5.82 Å². The number of anilines is 1. The van der Waals surface area contributed by atoms with E-state index < -0.39 is 5.97 Å². The highest BCUT2D eigenvalue weighted by molar-refractivity contribution is 5.90. The molecule has 39 heavy (non-hydrogen) atoms. The number of hydrogen-bond acceptors (Lipinski definition) is 9. The minimum atomic E-state index is -0.395. The van der Waals surface area contributed by atoms with E-state index in [2.05, 4.69) is 51.2 Å². The molecule has 2 unspecified atom stereocenters. The van der Waals surface area contributed by atoms with Gasteiger partial charge in [0.15, 0.2) is 0 Å².